The third-order valence-electron chi connectivity index (χ3n) is 5.36. The maximum Gasteiger partial charge on any atom is -0.0363 e. The summed E-state index contributed by atoms with van der Waals surface area (Å²) in [7, 11) is 0. The van der Waals surface area contributed by atoms with E-state index in [0.29, 0.717) is 0 Å². The van der Waals surface area contributed by atoms with Gasteiger partial charge in [-0.1, -0.05) is 80.1 Å². The maximum atomic E-state index is 2.51. The van der Waals surface area contributed by atoms with Crippen LogP contribution in [0, 0.1) is 35.5 Å². The van der Waals surface area contributed by atoms with Crippen LogP contribution < -0.4 is 0 Å². The highest BCUT2D eigenvalue weighted by molar-refractivity contribution is 4.82. The summed E-state index contributed by atoms with van der Waals surface area (Å²) >= 11 is 0. The first-order valence-electron chi connectivity index (χ1n) is 9.43. The van der Waals surface area contributed by atoms with E-state index in [9.17, 15) is 0 Å². The van der Waals surface area contributed by atoms with Crippen LogP contribution in [-0.4, -0.2) is 0 Å². The van der Waals surface area contributed by atoms with Crippen molar-refractivity contribution in [1.29, 1.82) is 0 Å². The van der Waals surface area contributed by atoms with Crippen molar-refractivity contribution in [2.75, 3.05) is 0 Å². The Balaban J connectivity index is 2.52. The minimum absolute atomic E-state index is 0.871. The molecule has 0 radical (unpaired) electrons. The zero-order chi connectivity index (χ0) is 15.1. The summed E-state index contributed by atoms with van der Waals surface area (Å²) in [4.78, 5) is 0. The Labute approximate surface area is 129 Å². The van der Waals surface area contributed by atoms with Crippen molar-refractivity contribution in [3.8, 4) is 0 Å². The fourth-order valence-electron chi connectivity index (χ4n) is 3.93. The van der Waals surface area contributed by atoms with E-state index in [1.165, 1.54) is 51.4 Å². The molecule has 1 saturated carbocycles. The van der Waals surface area contributed by atoms with E-state index in [2.05, 4.69) is 41.5 Å². The highest BCUT2D eigenvalue weighted by Crippen LogP contribution is 2.43. The van der Waals surface area contributed by atoms with Crippen LogP contribution in [-0.2, 0) is 0 Å². The molecule has 1 rings (SSSR count). The van der Waals surface area contributed by atoms with Crippen LogP contribution in [0.4, 0.5) is 0 Å². The van der Waals surface area contributed by atoms with E-state index in [-0.39, 0.29) is 0 Å². The van der Waals surface area contributed by atoms with Gasteiger partial charge in [-0.25, -0.2) is 0 Å². The van der Waals surface area contributed by atoms with Gasteiger partial charge in [-0.05, 0) is 48.3 Å². The van der Waals surface area contributed by atoms with E-state index in [1.54, 1.807) is 0 Å². The van der Waals surface area contributed by atoms with Gasteiger partial charge in [0.25, 0.3) is 0 Å². The standard InChI is InChI=1S/C20H40/c1-7-8-20(16(4)5)19(14-18-11-12-18)13-17(6)10-9-15(2)3/h15-20H,7-14H2,1-6H3. The molecule has 120 valence electrons. The molecule has 0 aromatic heterocycles. The van der Waals surface area contributed by atoms with Gasteiger partial charge in [0.15, 0.2) is 0 Å². The Hall–Kier alpha value is 0. The van der Waals surface area contributed by atoms with Gasteiger partial charge in [0.1, 0.15) is 0 Å². The molecule has 3 unspecified atom stereocenters. The minimum atomic E-state index is 0.871. The average molecular weight is 281 g/mol. The lowest BCUT2D eigenvalue weighted by atomic mass is 9.73. The monoisotopic (exact) mass is 280 g/mol. The second-order valence-electron chi connectivity index (χ2n) is 8.45. The van der Waals surface area contributed by atoms with E-state index >= 15 is 0 Å². The topological polar surface area (TPSA) is 0 Å². The van der Waals surface area contributed by atoms with Crippen LogP contribution >= 0.6 is 0 Å². The van der Waals surface area contributed by atoms with Gasteiger partial charge in [0.2, 0.25) is 0 Å². The van der Waals surface area contributed by atoms with E-state index in [0.717, 1.165) is 35.5 Å². The molecular weight excluding hydrogens is 240 g/mol. The Bertz CT molecular complexity index is 236. The number of hydrogen-bond acceptors (Lipinski definition) is 0. The summed E-state index contributed by atoms with van der Waals surface area (Å²) < 4.78 is 0. The third-order valence-corrected chi connectivity index (χ3v) is 5.36. The summed E-state index contributed by atoms with van der Waals surface area (Å²) in [6.07, 6.45) is 11.7. The predicted molar refractivity (Wildman–Crippen MR) is 91.9 cm³/mol. The van der Waals surface area contributed by atoms with Crippen LogP contribution in [0.3, 0.4) is 0 Å². The highest BCUT2D eigenvalue weighted by Gasteiger charge is 2.31. The molecule has 0 aromatic carbocycles. The zero-order valence-electron chi connectivity index (χ0n) is 15.1. The molecule has 0 bridgehead atoms. The molecule has 0 heteroatoms. The predicted octanol–water partition coefficient (Wildman–Crippen LogP) is 6.94. The Morgan fingerprint density at radius 2 is 1.55 bits per heavy atom. The second-order valence-corrected chi connectivity index (χ2v) is 8.45. The van der Waals surface area contributed by atoms with Crippen LogP contribution in [0.5, 0.6) is 0 Å². The molecule has 0 nitrogen and oxygen atoms in total. The Morgan fingerprint density at radius 3 is 2.00 bits per heavy atom. The Morgan fingerprint density at radius 1 is 0.900 bits per heavy atom. The van der Waals surface area contributed by atoms with E-state index < -0.39 is 0 Å². The quantitative estimate of drug-likeness (QED) is 0.384. The molecule has 1 aliphatic rings. The number of hydrogen-bond donors (Lipinski definition) is 0. The largest absolute Gasteiger partial charge is 0.0654 e. The molecule has 0 amide bonds. The summed E-state index contributed by atoms with van der Waals surface area (Å²) in [5.74, 6) is 5.74. The normalized spacial score (nSPS) is 20.4. The fraction of sp³-hybridized carbons (Fsp3) is 1.00. The zero-order valence-corrected chi connectivity index (χ0v) is 15.1. The minimum Gasteiger partial charge on any atom is -0.0654 e. The van der Waals surface area contributed by atoms with Gasteiger partial charge < -0.3 is 0 Å². The van der Waals surface area contributed by atoms with Crippen molar-refractivity contribution in [3.63, 3.8) is 0 Å². The second kappa shape index (κ2) is 9.11. The van der Waals surface area contributed by atoms with Gasteiger partial charge in [-0.15, -0.1) is 0 Å². The molecule has 0 aromatic rings. The maximum absolute atomic E-state index is 2.51. The van der Waals surface area contributed by atoms with Gasteiger partial charge in [0.05, 0.1) is 0 Å². The molecule has 3 atom stereocenters. The summed E-state index contributed by atoms with van der Waals surface area (Å²) in [6, 6.07) is 0. The molecule has 1 fully saturated rings. The average Bonchev–Trinajstić information content (AvgIpc) is 3.16. The lowest BCUT2D eigenvalue weighted by Crippen LogP contribution is -2.23. The third kappa shape index (κ3) is 7.14. The van der Waals surface area contributed by atoms with Crippen LogP contribution in [0.25, 0.3) is 0 Å². The van der Waals surface area contributed by atoms with Gasteiger partial charge in [-0.2, -0.15) is 0 Å². The molecule has 20 heavy (non-hydrogen) atoms. The molecule has 0 heterocycles. The summed E-state index contributed by atoms with van der Waals surface area (Å²) in [6.45, 7) is 14.5. The molecule has 0 aliphatic heterocycles. The smallest absolute Gasteiger partial charge is 0.0363 e. The molecular formula is C20H40. The van der Waals surface area contributed by atoms with Gasteiger partial charge in [0, 0.05) is 0 Å². The van der Waals surface area contributed by atoms with Crippen molar-refractivity contribution in [2.45, 2.75) is 92.9 Å². The van der Waals surface area contributed by atoms with E-state index in [4.69, 9.17) is 0 Å². The van der Waals surface area contributed by atoms with Crippen LogP contribution in [0.15, 0.2) is 0 Å². The molecule has 1 aliphatic carbocycles. The lowest BCUT2D eigenvalue weighted by Gasteiger charge is -2.32. The first kappa shape index (κ1) is 18.1. The van der Waals surface area contributed by atoms with Crippen molar-refractivity contribution in [1.82, 2.24) is 0 Å². The van der Waals surface area contributed by atoms with Crippen molar-refractivity contribution in [3.05, 3.63) is 0 Å². The highest BCUT2D eigenvalue weighted by atomic mass is 14.4. The van der Waals surface area contributed by atoms with Crippen molar-refractivity contribution in [2.24, 2.45) is 35.5 Å². The van der Waals surface area contributed by atoms with E-state index in [1.807, 2.05) is 0 Å². The summed E-state index contributed by atoms with van der Waals surface area (Å²) in [5.41, 5.74) is 0. The van der Waals surface area contributed by atoms with Crippen molar-refractivity contribution < 1.29 is 0 Å². The molecule has 0 saturated heterocycles. The number of rotatable bonds is 11. The van der Waals surface area contributed by atoms with Crippen molar-refractivity contribution >= 4 is 0 Å². The molecule has 0 spiro atoms. The fourth-order valence-corrected chi connectivity index (χ4v) is 3.93. The SMILES string of the molecule is CCCC(C(C)C)C(CC(C)CCC(C)C)CC1CC1. The van der Waals surface area contributed by atoms with Gasteiger partial charge in [-0.3, -0.25) is 0 Å². The van der Waals surface area contributed by atoms with Crippen LogP contribution in [0.1, 0.15) is 92.9 Å². The first-order valence-corrected chi connectivity index (χ1v) is 9.43. The molecule has 0 N–H and O–H groups in total. The van der Waals surface area contributed by atoms with Crippen LogP contribution in [0.2, 0.25) is 0 Å². The summed E-state index contributed by atoms with van der Waals surface area (Å²) in [5, 5.41) is 0. The first-order chi connectivity index (χ1) is 9.43. The van der Waals surface area contributed by atoms with Gasteiger partial charge >= 0.3 is 0 Å². The Kier molecular flexibility index (Phi) is 8.22. The lowest BCUT2D eigenvalue weighted by molar-refractivity contribution is 0.178.